The highest BCUT2D eigenvalue weighted by molar-refractivity contribution is 7.92. The number of thiazole rings is 1. The number of nitrogens with one attached hydrogen (secondary N) is 2. The number of sulfonamides is 1. The Morgan fingerprint density at radius 3 is 2.42 bits per heavy atom. The van der Waals surface area contributed by atoms with Gasteiger partial charge in [0.2, 0.25) is 0 Å². The first kappa shape index (κ1) is 21.0. The maximum Gasteiger partial charge on any atom is 0.261 e. The number of aromatic nitrogens is 1. The molecule has 2 N–H and O–H groups in total. The number of rotatable bonds is 5. The highest BCUT2D eigenvalue weighted by atomic mass is 32.2. The zero-order chi connectivity index (χ0) is 23.0. The summed E-state index contributed by atoms with van der Waals surface area (Å²) in [6, 6.07) is 22.5. The van der Waals surface area contributed by atoms with Gasteiger partial charge in [-0.3, -0.25) is 14.8 Å². The lowest BCUT2D eigenvalue weighted by Crippen LogP contribution is -2.18. The molecule has 0 saturated heterocycles. The van der Waals surface area contributed by atoms with Crippen LogP contribution in [-0.4, -0.2) is 19.3 Å². The first-order chi connectivity index (χ1) is 15.9. The van der Waals surface area contributed by atoms with Gasteiger partial charge in [-0.1, -0.05) is 53.8 Å². The fourth-order valence-corrected chi connectivity index (χ4v) is 5.42. The Morgan fingerprint density at radius 2 is 1.61 bits per heavy atom. The molecule has 0 fully saturated rings. The van der Waals surface area contributed by atoms with Crippen molar-refractivity contribution in [1.82, 2.24) is 4.98 Å². The van der Waals surface area contributed by atoms with Crippen molar-refractivity contribution in [2.24, 2.45) is 0 Å². The molecule has 0 spiro atoms. The molecule has 33 heavy (non-hydrogen) atoms. The van der Waals surface area contributed by atoms with E-state index in [2.05, 4.69) is 15.0 Å². The molecule has 0 bridgehead atoms. The molecule has 1 amide bonds. The number of benzene rings is 4. The van der Waals surface area contributed by atoms with E-state index in [0.29, 0.717) is 5.13 Å². The average molecular weight is 478 g/mol. The molecule has 5 aromatic rings. The van der Waals surface area contributed by atoms with Gasteiger partial charge in [-0.2, -0.15) is 0 Å². The summed E-state index contributed by atoms with van der Waals surface area (Å²) in [5.74, 6) is -1.05. The number of fused-ring (bicyclic) bond motifs is 3. The van der Waals surface area contributed by atoms with E-state index >= 15 is 0 Å². The molecule has 0 saturated carbocycles. The van der Waals surface area contributed by atoms with Crippen LogP contribution in [0, 0.1) is 5.82 Å². The number of amides is 1. The van der Waals surface area contributed by atoms with Crippen molar-refractivity contribution >= 4 is 59.1 Å². The van der Waals surface area contributed by atoms with Crippen LogP contribution in [0.2, 0.25) is 0 Å². The molecule has 4 aromatic carbocycles. The molecular formula is C24H16FN3O3S2. The molecule has 0 atom stereocenters. The topological polar surface area (TPSA) is 88.2 Å². The second-order valence-electron chi connectivity index (χ2n) is 7.21. The van der Waals surface area contributed by atoms with E-state index in [4.69, 9.17) is 0 Å². The fourth-order valence-electron chi connectivity index (χ4n) is 3.47. The van der Waals surface area contributed by atoms with Crippen molar-refractivity contribution < 1.29 is 17.6 Å². The number of hydrogen-bond donors (Lipinski definition) is 2. The number of carbonyl (C=O) groups excluding carboxylic acids is 1. The highest BCUT2D eigenvalue weighted by Gasteiger charge is 2.20. The van der Waals surface area contributed by atoms with Gasteiger partial charge in [-0.25, -0.2) is 17.8 Å². The predicted octanol–water partition coefficient (Wildman–Crippen LogP) is 5.64. The van der Waals surface area contributed by atoms with Gasteiger partial charge in [0.05, 0.1) is 26.4 Å². The molecule has 1 aromatic heterocycles. The number of para-hydroxylation sites is 1. The van der Waals surface area contributed by atoms with Crippen molar-refractivity contribution in [2.45, 2.75) is 4.90 Å². The van der Waals surface area contributed by atoms with Crippen LogP contribution in [0.25, 0.3) is 21.0 Å². The summed E-state index contributed by atoms with van der Waals surface area (Å²) >= 11 is 1.34. The van der Waals surface area contributed by atoms with Crippen molar-refractivity contribution in [3.63, 3.8) is 0 Å². The molecular weight excluding hydrogens is 461 g/mol. The third kappa shape index (κ3) is 4.15. The molecule has 0 unspecified atom stereocenters. The minimum atomic E-state index is -4.01. The second kappa shape index (κ2) is 8.27. The first-order valence-corrected chi connectivity index (χ1v) is 12.2. The van der Waals surface area contributed by atoms with Crippen molar-refractivity contribution in [2.75, 3.05) is 10.0 Å². The van der Waals surface area contributed by atoms with Crippen LogP contribution in [0.5, 0.6) is 0 Å². The van der Waals surface area contributed by atoms with Gasteiger partial charge in [-0.15, -0.1) is 0 Å². The lowest BCUT2D eigenvalue weighted by atomic mass is 10.1. The van der Waals surface area contributed by atoms with Crippen LogP contribution in [0.4, 0.5) is 15.2 Å². The van der Waals surface area contributed by atoms with Crippen LogP contribution in [0.15, 0.2) is 89.8 Å². The number of halogens is 1. The highest BCUT2D eigenvalue weighted by Crippen LogP contribution is 2.32. The smallest absolute Gasteiger partial charge is 0.261 e. The SMILES string of the molecule is O=C(Nc1nc2c(ccc3ccccc32)s1)c1ccccc1NS(=O)(=O)c1ccc(F)cc1. The summed E-state index contributed by atoms with van der Waals surface area (Å²) in [5.41, 5.74) is 1.02. The molecule has 6 nitrogen and oxygen atoms in total. The zero-order valence-corrected chi connectivity index (χ0v) is 18.6. The summed E-state index contributed by atoms with van der Waals surface area (Å²) in [6.07, 6.45) is 0. The first-order valence-electron chi connectivity index (χ1n) is 9.88. The number of hydrogen-bond acceptors (Lipinski definition) is 5. The Kier molecular flexibility index (Phi) is 5.27. The quantitative estimate of drug-likeness (QED) is 0.343. The van der Waals surface area contributed by atoms with Gasteiger partial charge in [-0.05, 0) is 47.9 Å². The van der Waals surface area contributed by atoms with Crippen LogP contribution in [-0.2, 0) is 10.0 Å². The van der Waals surface area contributed by atoms with Crippen LogP contribution in [0.1, 0.15) is 10.4 Å². The summed E-state index contributed by atoms with van der Waals surface area (Å²) in [4.78, 5) is 17.5. The van der Waals surface area contributed by atoms with Gasteiger partial charge >= 0.3 is 0 Å². The van der Waals surface area contributed by atoms with E-state index in [1.54, 1.807) is 12.1 Å². The molecule has 1 heterocycles. The molecule has 0 radical (unpaired) electrons. The average Bonchev–Trinajstić information content (AvgIpc) is 3.22. The maximum absolute atomic E-state index is 13.2. The minimum Gasteiger partial charge on any atom is -0.298 e. The monoisotopic (exact) mass is 477 g/mol. The maximum atomic E-state index is 13.2. The lowest BCUT2D eigenvalue weighted by molar-refractivity contribution is 0.102. The summed E-state index contributed by atoms with van der Waals surface area (Å²) < 4.78 is 41.9. The zero-order valence-electron chi connectivity index (χ0n) is 16.9. The van der Waals surface area contributed by atoms with E-state index in [1.165, 1.54) is 23.5 Å². The van der Waals surface area contributed by atoms with Crippen LogP contribution < -0.4 is 10.0 Å². The lowest BCUT2D eigenvalue weighted by Gasteiger charge is -2.12. The molecule has 0 aliphatic heterocycles. The Hall–Kier alpha value is -3.82. The van der Waals surface area contributed by atoms with Gasteiger partial charge < -0.3 is 0 Å². The van der Waals surface area contributed by atoms with Gasteiger partial charge in [0, 0.05) is 5.39 Å². The molecule has 9 heteroatoms. The van der Waals surface area contributed by atoms with E-state index in [-0.39, 0.29) is 16.1 Å². The van der Waals surface area contributed by atoms with Gasteiger partial charge in [0.15, 0.2) is 5.13 Å². The second-order valence-corrected chi connectivity index (χ2v) is 9.92. The summed E-state index contributed by atoms with van der Waals surface area (Å²) in [6.45, 7) is 0. The summed E-state index contributed by atoms with van der Waals surface area (Å²) in [5, 5.41) is 5.21. The van der Waals surface area contributed by atoms with E-state index in [1.807, 2.05) is 36.4 Å². The third-order valence-electron chi connectivity index (χ3n) is 5.04. The van der Waals surface area contributed by atoms with Crippen LogP contribution >= 0.6 is 11.3 Å². The Morgan fingerprint density at radius 1 is 0.879 bits per heavy atom. The summed E-state index contributed by atoms with van der Waals surface area (Å²) in [7, 11) is -4.01. The minimum absolute atomic E-state index is 0.103. The van der Waals surface area contributed by atoms with Gasteiger partial charge in [0.25, 0.3) is 15.9 Å². The van der Waals surface area contributed by atoms with Crippen molar-refractivity contribution in [3.05, 3.63) is 96.3 Å². The number of carbonyl (C=O) groups is 1. The van der Waals surface area contributed by atoms with Crippen LogP contribution in [0.3, 0.4) is 0 Å². The molecule has 5 rings (SSSR count). The Bertz CT molecular complexity index is 1610. The van der Waals surface area contributed by atoms with E-state index in [0.717, 1.165) is 45.3 Å². The predicted molar refractivity (Wildman–Crippen MR) is 129 cm³/mol. The molecule has 0 aliphatic carbocycles. The largest absolute Gasteiger partial charge is 0.298 e. The molecule has 0 aliphatic rings. The van der Waals surface area contributed by atoms with Crippen molar-refractivity contribution in [1.29, 1.82) is 0 Å². The Labute approximate surface area is 192 Å². The third-order valence-corrected chi connectivity index (χ3v) is 7.36. The normalized spacial score (nSPS) is 11.5. The fraction of sp³-hybridized carbons (Fsp3) is 0. The number of anilines is 2. The van der Waals surface area contributed by atoms with Gasteiger partial charge in [0.1, 0.15) is 5.82 Å². The Balaban J connectivity index is 1.44. The molecule has 164 valence electrons. The van der Waals surface area contributed by atoms with Crippen molar-refractivity contribution in [3.8, 4) is 0 Å². The van der Waals surface area contributed by atoms with E-state index in [9.17, 15) is 17.6 Å². The number of nitrogens with zero attached hydrogens (tertiary/aromatic N) is 1. The standard InChI is InChI=1S/C24H16FN3O3S2/c25-16-10-12-17(13-11-16)33(30,31)28-20-8-4-3-7-19(20)23(29)27-24-26-22-18-6-2-1-5-15(18)9-14-21(22)32-24/h1-14,28H,(H,26,27,29). The van der Waals surface area contributed by atoms with E-state index < -0.39 is 21.7 Å².